The number of rotatable bonds is 5. The Morgan fingerprint density at radius 3 is 2.70 bits per heavy atom. The highest BCUT2D eigenvalue weighted by Crippen LogP contribution is 2.47. The topological polar surface area (TPSA) is 81.6 Å². The lowest BCUT2D eigenvalue weighted by atomic mass is 9.82. The summed E-state index contributed by atoms with van der Waals surface area (Å²) in [6, 6.07) is 16.4. The molecule has 6 rings (SSSR count). The lowest BCUT2D eigenvalue weighted by Gasteiger charge is -2.29. The van der Waals surface area contributed by atoms with Crippen LogP contribution in [0.15, 0.2) is 86.0 Å². The Morgan fingerprint density at radius 2 is 1.85 bits per heavy atom. The van der Waals surface area contributed by atoms with Crippen LogP contribution in [0.5, 0.6) is 11.6 Å². The minimum atomic E-state index is -0.190. The van der Waals surface area contributed by atoms with E-state index in [2.05, 4.69) is 39.2 Å². The highest BCUT2D eigenvalue weighted by Gasteiger charge is 2.33. The molecule has 7 heteroatoms. The third-order valence-electron chi connectivity index (χ3n) is 6.19. The normalized spacial score (nSPS) is 14.5. The van der Waals surface area contributed by atoms with E-state index in [1.54, 1.807) is 18.7 Å². The average Bonchev–Trinajstić information content (AvgIpc) is 3.38. The first-order valence-corrected chi connectivity index (χ1v) is 11.0. The number of hydrogen-bond donors (Lipinski definition) is 1. The van der Waals surface area contributed by atoms with Crippen LogP contribution in [-0.2, 0) is 13.1 Å². The first-order valence-electron chi connectivity index (χ1n) is 11.0. The SMILES string of the molecule is N=c1c2c(ncn1CCCn1ccnc1)Oc1ccc3ccccc3c1C2c1cccnc1. The largest absolute Gasteiger partial charge is 0.438 e. The van der Waals surface area contributed by atoms with Crippen LogP contribution in [0.3, 0.4) is 0 Å². The molecule has 0 aliphatic carbocycles. The van der Waals surface area contributed by atoms with Crippen molar-refractivity contribution in [2.75, 3.05) is 0 Å². The molecule has 7 nitrogen and oxygen atoms in total. The van der Waals surface area contributed by atoms with Gasteiger partial charge in [0.2, 0.25) is 5.88 Å². The number of nitrogens with one attached hydrogen (secondary N) is 1. The maximum absolute atomic E-state index is 9.11. The molecule has 162 valence electrons. The maximum Gasteiger partial charge on any atom is 0.228 e. The first kappa shape index (κ1) is 19.4. The van der Waals surface area contributed by atoms with Crippen LogP contribution < -0.4 is 10.2 Å². The van der Waals surface area contributed by atoms with Crippen molar-refractivity contribution in [1.82, 2.24) is 24.1 Å². The average molecular weight is 435 g/mol. The Bertz CT molecular complexity index is 1490. The van der Waals surface area contributed by atoms with Gasteiger partial charge in [-0.2, -0.15) is 0 Å². The minimum Gasteiger partial charge on any atom is -0.438 e. The molecule has 3 aromatic heterocycles. The second kappa shape index (κ2) is 8.02. The Labute approximate surface area is 190 Å². The van der Waals surface area contributed by atoms with Crippen LogP contribution in [0.1, 0.15) is 29.0 Å². The minimum absolute atomic E-state index is 0.190. The summed E-state index contributed by atoms with van der Waals surface area (Å²) in [6.07, 6.45) is 11.8. The molecule has 0 saturated heterocycles. The second-order valence-corrected chi connectivity index (χ2v) is 8.18. The Hall–Kier alpha value is -4.26. The molecule has 0 radical (unpaired) electrons. The molecular formula is C26H22N6O. The van der Waals surface area contributed by atoms with Crippen molar-refractivity contribution in [2.45, 2.75) is 25.4 Å². The molecule has 2 aromatic carbocycles. The Balaban J connectivity index is 1.49. The molecule has 0 saturated carbocycles. The third kappa shape index (κ3) is 3.38. The fourth-order valence-corrected chi connectivity index (χ4v) is 4.65. The highest BCUT2D eigenvalue weighted by molar-refractivity contribution is 5.90. The summed E-state index contributed by atoms with van der Waals surface area (Å²) in [7, 11) is 0. The third-order valence-corrected chi connectivity index (χ3v) is 6.19. The summed E-state index contributed by atoms with van der Waals surface area (Å²) in [5.74, 6) is 1.08. The fraction of sp³-hybridized carbons (Fsp3) is 0.154. The summed E-state index contributed by atoms with van der Waals surface area (Å²) >= 11 is 0. The van der Waals surface area contributed by atoms with E-state index < -0.39 is 0 Å². The van der Waals surface area contributed by atoms with Gasteiger partial charge in [0.25, 0.3) is 0 Å². The summed E-state index contributed by atoms with van der Waals surface area (Å²) in [5.41, 5.74) is 3.27. The lowest BCUT2D eigenvalue weighted by molar-refractivity contribution is 0.420. The van der Waals surface area contributed by atoms with Crippen LogP contribution in [0.2, 0.25) is 0 Å². The fourth-order valence-electron chi connectivity index (χ4n) is 4.65. The molecule has 5 aromatic rings. The number of fused-ring (bicyclic) bond motifs is 4. The maximum atomic E-state index is 9.11. The second-order valence-electron chi connectivity index (χ2n) is 8.18. The van der Waals surface area contributed by atoms with Crippen LogP contribution in [-0.4, -0.2) is 24.1 Å². The van der Waals surface area contributed by atoms with Gasteiger partial charge in [-0.3, -0.25) is 10.4 Å². The van der Waals surface area contributed by atoms with Crippen molar-refractivity contribution in [1.29, 1.82) is 5.41 Å². The van der Waals surface area contributed by atoms with Crippen molar-refractivity contribution in [2.24, 2.45) is 0 Å². The number of benzene rings is 2. The number of nitrogens with zero attached hydrogens (tertiary/aromatic N) is 5. The van der Waals surface area contributed by atoms with Gasteiger partial charge in [0, 0.05) is 49.4 Å². The van der Waals surface area contributed by atoms with Crippen molar-refractivity contribution < 1.29 is 4.74 Å². The summed E-state index contributed by atoms with van der Waals surface area (Å²) < 4.78 is 10.2. The van der Waals surface area contributed by atoms with Crippen molar-refractivity contribution in [3.05, 3.63) is 108 Å². The number of imidazole rings is 1. The highest BCUT2D eigenvalue weighted by atomic mass is 16.5. The zero-order chi connectivity index (χ0) is 22.2. The van der Waals surface area contributed by atoms with Crippen molar-refractivity contribution in [3.63, 3.8) is 0 Å². The number of pyridine rings is 1. The van der Waals surface area contributed by atoms with Gasteiger partial charge in [-0.15, -0.1) is 0 Å². The van der Waals surface area contributed by atoms with Crippen LogP contribution in [0.4, 0.5) is 0 Å². The van der Waals surface area contributed by atoms with E-state index in [9.17, 15) is 0 Å². The molecule has 4 heterocycles. The van der Waals surface area contributed by atoms with Gasteiger partial charge < -0.3 is 13.9 Å². The molecule has 1 N–H and O–H groups in total. The van der Waals surface area contributed by atoms with Gasteiger partial charge in [-0.1, -0.05) is 36.4 Å². The number of hydrogen-bond acceptors (Lipinski definition) is 5. The predicted molar refractivity (Wildman–Crippen MR) is 124 cm³/mol. The van der Waals surface area contributed by atoms with Crippen LogP contribution in [0, 0.1) is 5.41 Å². The molecular weight excluding hydrogens is 412 g/mol. The van der Waals surface area contributed by atoms with E-state index in [1.165, 1.54) is 0 Å². The van der Waals surface area contributed by atoms with Crippen molar-refractivity contribution >= 4 is 10.8 Å². The van der Waals surface area contributed by atoms with E-state index in [4.69, 9.17) is 10.1 Å². The first-order chi connectivity index (χ1) is 16.3. The standard InChI is InChI=1S/C26H22N6O/c27-25-24-22(19-6-3-10-28-15-19)23-20-7-2-1-5-18(20)8-9-21(23)33-26(24)30-17-32(25)13-4-12-31-14-11-29-16-31/h1-3,5-11,14-17,22,27H,4,12-13H2. The van der Waals surface area contributed by atoms with E-state index in [0.29, 0.717) is 17.9 Å². The van der Waals surface area contributed by atoms with Gasteiger partial charge in [0.15, 0.2) is 0 Å². The van der Waals surface area contributed by atoms with E-state index in [1.807, 2.05) is 52.1 Å². The monoisotopic (exact) mass is 434 g/mol. The molecule has 0 amide bonds. The quantitative estimate of drug-likeness (QED) is 0.434. The van der Waals surface area contributed by atoms with E-state index in [-0.39, 0.29) is 5.92 Å². The summed E-state index contributed by atoms with van der Waals surface area (Å²) in [5, 5.41) is 11.4. The molecule has 1 aliphatic rings. The predicted octanol–water partition coefficient (Wildman–Crippen LogP) is 4.48. The van der Waals surface area contributed by atoms with Gasteiger partial charge in [0.1, 0.15) is 17.6 Å². The zero-order valence-electron chi connectivity index (χ0n) is 17.9. The van der Waals surface area contributed by atoms with Gasteiger partial charge in [0.05, 0.1) is 11.9 Å². The summed E-state index contributed by atoms with van der Waals surface area (Å²) in [6.45, 7) is 1.51. The van der Waals surface area contributed by atoms with Crippen LogP contribution >= 0.6 is 0 Å². The molecule has 33 heavy (non-hydrogen) atoms. The molecule has 0 spiro atoms. The van der Waals surface area contributed by atoms with Crippen LogP contribution in [0.25, 0.3) is 10.8 Å². The van der Waals surface area contributed by atoms with E-state index >= 15 is 0 Å². The molecule has 1 aliphatic heterocycles. The molecule has 1 atom stereocenters. The zero-order valence-corrected chi connectivity index (χ0v) is 17.9. The van der Waals surface area contributed by atoms with Crippen molar-refractivity contribution in [3.8, 4) is 11.6 Å². The Kier molecular flexibility index (Phi) is 4.72. The summed E-state index contributed by atoms with van der Waals surface area (Å²) in [4.78, 5) is 13.1. The number of aryl methyl sites for hydroxylation is 2. The molecule has 1 unspecified atom stereocenters. The Morgan fingerprint density at radius 1 is 0.909 bits per heavy atom. The van der Waals surface area contributed by atoms with Gasteiger partial charge in [-0.25, -0.2) is 9.97 Å². The molecule has 0 fully saturated rings. The number of aromatic nitrogens is 5. The smallest absolute Gasteiger partial charge is 0.228 e. The molecule has 0 bridgehead atoms. The van der Waals surface area contributed by atoms with Gasteiger partial charge in [-0.05, 0) is 34.9 Å². The van der Waals surface area contributed by atoms with E-state index in [0.717, 1.165) is 46.2 Å². The number of ether oxygens (including phenoxy) is 1. The van der Waals surface area contributed by atoms with Gasteiger partial charge >= 0.3 is 0 Å². The lowest BCUT2D eigenvalue weighted by Crippen LogP contribution is -2.30.